The van der Waals surface area contributed by atoms with Gasteiger partial charge in [-0.2, -0.15) is 4.31 Å². The number of sulfonamides is 1. The minimum atomic E-state index is -4.02. The first-order valence-electron chi connectivity index (χ1n) is 10.7. The van der Waals surface area contributed by atoms with Crippen LogP contribution in [0.2, 0.25) is 5.02 Å². The lowest BCUT2D eigenvalue weighted by Gasteiger charge is -2.35. The van der Waals surface area contributed by atoms with Gasteiger partial charge in [-0.05, 0) is 31.2 Å². The Balaban J connectivity index is 1.79. The number of halogens is 3. The molecule has 0 bridgehead atoms. The maximum absolute atomic E-state index is 15.4. The van der Waals surface area contributed by atoms with E-state index in [9.17, 15) is 21.6 Å². The Kier molecular flexibility index (Phi) is 8.48. The first kappa shape index (κ1) is 27.8. The second kappa shape index (κ2) is 10.7. The fraction of sp³-hybridized carbons (Fsp3) is 0.348. The molecule has 12 heteroatoms. The van der Waals surface area contributed by atoms with Gasteiger partial charge in [-0.3, -0.25) is 4.79 Å². The number of benzene rings is 2. The quantitative estimate of drug-likeness (QED) is 0.505. The van der Waals surface area contributed by atoms with Crippen LogP contribution in [0.1, 0.15) is 19.8 Å². The summed E-state index contributed by atoms with van der Waals surface area (Å²) in [6.45, 7) is 1.13. The highest BCUT2D eigenvalue weighted by molar-refractivity contribution is 9.10. The molecule has 1 saturated heterocycles. The van der Waals surface area contributed by atoms with Gasteiger partial charge in [0.15, 0.2) is 15.5 Å². The highest BCUT2D eigenvalue weighted by atomic mass is 79.9. The number of rotatable bonds is 7. The standard InChI is InChI=1S/C23H25BrClFN2O5S2/c1-16(9-14-34(2,30)31)27-22(29)23(26)10-12-28(13-11-23)35(32,33)21-8-7-17(24)15-19(21)18-5-3-4-6-20(18)25/h3-9,14-16H,10-13H2,1-2H3,(H,27,29)/b14-9-/t16-/m1/s1. The van der Waals surface area contributed by atoms with Crippen LogP contribution < -0.4 is 5.32 Å². The molecule has 2 aromatic carbocycles. The van der Waals surface area contributed by atoms with Gasteiger partial charge in [0.05, 0.1) is 4.90 Å². The summed E-state index contributed by atoms with van der Waals surface area (Å²) in [5.74, 6) is -0.902. The summed E-state index contributed by atoms with van der Waals surface area (Å²) in [5.41, 5.74) is -1.32. The molecule has 35 heavy (non-hydrogen) atoms. The summed E-state index contributed by atoms with van der Waals surface area (Å²) in [7, 11) is -7.41. The molecule has 2 aromatic rings. The van der Waals surface area contributed by atoms with Crippen molar-refractivity contribution in [1.29, 1.82) is 0 Å². The van der Waals surface area contributed by atoms with Crippen LogP contribution in [-0.2, 0) is 24.7 Å². The van der Waals surface area contributed by atoms with Crippen molar-refractivity contribution in [2.75, 3.05) is 19.3 Å². The van der Waals surface area contributed by atoms with E-state index in [1.807, 2.05) is 0 Å². The number of alkyl halides is 1. The molecule has 1 fully saturated rings. The lowest BCUT2D eigenvalue weighted by molar-refractivity contribution is -0.135. The van der Waals surface area contributed by atoms with Gasteiger partial charge in [0.2, 0.25) is 10.0 Å². The van der Waals surface area contributed by atoms with Crippen LogP contribution in [0.25, 0.3) is 11.1 Å². The first-order chi connectivity index (χ1) is 16.2. The Morgan fingerprint density at radius 2 is 1.77 bits per heavy atom. The average Bonchev–Trinajstić information content (AvgIpc) is 2.77. The maximum atomic E-state index is 15.4. The van der Waals surface area contributed by atoms with Crippen molar-refractivity contribution in [3.63, 3.8) is 0 Å². The molecular weight excluding hydrogens is 583 g/mol. The average molecular weight is 608 g/mol. The summed E-state index contributed by atoms with van der Waals surface area (Å²) in [6, 6.07) is 10.9. The number of piperidine rings is 1. The van der Waals surface area contributed by atoms with E-state index in [1.165, 1.54) is 19.1 Å². The smallest absolute Gasteiger partial charge is 0.258 e. The van der Waals surface area contributed by atoms with E-state index in [4.69, 9.17) is 11.6 Å². The predicted octanol–water partition coefficient (Wildman–Crippen LogP) is 4.33. The second-order valence-electron chi connectivity index (χ2n) is 8.41. The van der Waals surface area contributed by atoms with E-state index >= 15 is 4.39 Å². The third-order valence-corrected chi connectivity index (χ3v) is 9.05. The minimum absolute atomic E-state index is 0.0316. The van der Waals surface area contributed by atoms with Crippen LogP contribution in [0.5, 0.6) is 0 Å². The number of nitrogens with one attached hydrogen (secondary N) is 1. The molecular formula is C23H25BrClFN2O5S2. The molecule has 0 saturated carbocycles. The molecule has 1 amide bonds. The van der Waals surface area contributed by atoms with Crippen LogP contribution in [0.4, 0.5) is 4.39 Å². The van der Waals surface area contributed by atoms with Crippen molar-refractivity contribution < 1.29 is 26.0 Å². The Morgan fingerprint density at radius 3 is 2.37 bits per heavy atom. The zero-order valence-electron chi connectivity index (χ0n) is 19.0. The van der Waals surface area contributed by atoms with Crippen molar-refractivity contribution in [1.82, 2.24) is 9.62 Å². The molecule has 1 heterocycles. The molecule has 0 aliphatic carbocycles. The van der Waals surface area contributed by atoms with Crippen LogP contribution in [0, 0.1) is 0 Å². The highest BCUT2D eigenvalue weighted by Crippen LogP contribution is 2.37. The first-order valence-corrected chi connectivity index (χ1v) is 15.2. The third-order valence-electron chi connectivity index (χ3n) is 5.62. The SMILES string of the molecule is C[C@H](/C=C\S(C)(=O)=O)NC(=O)C1(F)CCN(S(=O)(=O)c2ccc(Br)cc2-c2ccccc2Cl)CC1. The summed E-state index contributed by atoms with van der Waals surface area (Å²) < 4.78 is 66.8. The van der Waals surface area contributed by atoms with E-state index in [0.29, 0.717) is 20.6 Å². The maximum Gasteiger partial charge on any atom is 0.258 e. The van der Waals surface area contributed by atoms with Crippen molar-refractivity contribution in [2.24, 2.45) is 0 Å². The predicted molar refractivity (Wildman–Crippen MR) is 138 cm³/mol. The van der Waals surface area contributed by atoms with Gasteiger partial charge in [-0.15, -0.1) is 0 Å². The van der Waals surface area contributed by atoms with E-state index in [1.54, 1.807) is 36.4 Å². The van der Waals surface area contributed by atoms with E-state index in [2.05, 4.69) is 21.2 Å². The number of carbonyl (C=O) groups is 1. The van der Waals surface area contributed by atoms with Gasteiger partial charge in [-0.25, -0.2) is 21.2 Å². The van der Waals surface area contributed by atoms with Crippen LogP contribution >= 0.6 is 27.5 Å². The number of amides is 1. The zero-order valence-corrected chi connectivity index (χ0v) is 23.0. The number of sulfone groups is 1. The largest absolute Gasteiger partial charge is 0.347 e. The summed E-state index contributed by atoms with van der Waals surface area (Å²) >= 11 is 9.69. The number of carbonyl (C=O) groups excluding carboxylic acids is 1. The third kappa shape index (κ3) is 6.71. The fourth-order valence-electron chi connectivity index (χ4n) is 3.71. The lowest BCUT2D eigenvalue weighted by atomic mass is 9.93. The topological polar surface area (TPSA) is 101 Å². The van der Waals surface area contributed by atoms with Crippen molar-refractivity contribution >= 4 is 53.3 Å². The van der Waals surface area contributed by atoms with Gasteiger partial charge in [-0.1, -0.05) is 51.8 Å². The molecule has 0 radical (unpaired) electrons. The fourth-order valence-corrected chi connectivity index (χ4v) is 6.46. The highest BCUT2D eigenvalue weighted by Gasteiger charge is 2.44. The molecule has 0 unspecified atom stereocenters. The summed E-state index contributed by atoms with van der Waals surface area (Å²) in [4.78, 5) is 12.6. The second-order valence-corrected chi connectivity index (χ2v) is 13.6. The Hall–Kier alpha value is -1.79. The van der Waals surface area contributed by atoms with Gasteiger partial charge in [0, 0.05) is 64.3 Å². The van der Waals surface area contributed by atoms with Gasteiger partial charge < -0.3 is 5.32 Å². The molecule has 3 rings (SSSR count). The molecule has 7 nitrogen and oxygen atoms in total. The minimum Gasteiger partial charge on any atom is -0.347 e. The molecule has 1 aliphatic rings. The Labute approximate surface area is 218 Å². The molecule has 1 atom stereocenters. The molecule has 0 spiro atoms. The number of nitrogens with zero attached hydrogens (tertiary/aromatic N) is 1. The number of hydrogen-bond acceptors (Lipinski definition) is 5. The van der Waals surface area contributed by atoms with Gasteiger partial charge >= 0.3 is 0 Å². The van der Waals surface area contributed by atoms with Crippen molar-refractivity contribution in [3.8, 4) is 11.1 Å². The summed E-state index contributed by atoms with van der Waals surface area (Å²) in [6.07, 6.45) is 1.59. The number of hydrogen-bond donors (Lipinski definition) is 1. The van der Waals surface area contributed by atoms with Crippen LogP contribution in [0.15, 0.2) is 63.3 Å². The Bertz CT molecular complexity index is 1360. The van der Waals surface area contributed by atoms with E-state index in [-0.39, 0.29) is 30.8 Å². The lowest BCUT2D eigenvalue weighted by Crippen LogP contribution is -2.53. The van der Waals surface area contributed by atoms with Crippen LogP contribution in [0.3, 0.4) is 0 Å². The zero-order chi connectivity index (χ0) is 26.0. The molecule has 190 valence electrons. The monoisotopic (exact) mass is 606 g/mol. The van der Waals surface area contributed by atoms with Crippen molar-refractivity contribution in [2.45, 2.75) is 36.4 Å². The van der Waals surface area contributed by atoms with E-state index < -0.39 is 37.5 Å². The van der Waals surface area contributed by atoms with Gasteiger partial charge in [0.1, 0.15) is 0 Å². The molecule has 0 aromatic heterocycles. The normalized spacial score (nSPS) is 17.9. The van der Waals surface area contributed by atoms with Gasteiger partial charge in [0.25, 0.3) is 5.91 Å². The summed E-state index contributed by atoms with van der Waals surface area (Å²) in [5, 5.41) is 3.76. The molecule has 1 aliphatic heterocycles. The van der Waals surface area contributed by atoms with E-state index in [0.717, 1.165) is 16.0 Å². The van der Waals surface area contributed by atoms with Crippen LogP contribution in [-0.4, -0.2) is 58.1 Å². The molecule has 1 N–H and O–H groups in total. The van der Waals surface area contributed by atoms with Crippen molar-refractivity contribution in [3.05, 3.63) is 63.4 Å². The Morgan fingerprint density at radius 1 is 1.14 bits per heavy atom.